The van der Waals surface area contributed by atoms with Crippen molar-refractivity contribution in [3.63, 3.8) is 0 Å². The standard InChI is InChI=1S/C15H22F3N2OPS/c1-8-4-3-5-10(13(8)22)11-6-12(23-19)14(21)20(9(11)2)7-15(16,17)18/h3-5,8-9,11-13H,6-7,19,22H2,1-2H3. The Morgan fingerprint density at radius 1 is 1.43 bits per heavy atom. The second-order valence-electron chi connectivity index (χ2n) is 6.23. The van der Waals surface area contributed by atoms with Crippen LogP contribution in [0.3, 0.4) is 0 Å². The second kappa shape index (κ2) is 7.16. The Bertz CT molecular complexity index is 523. The molecule has 1 fully saturated rings. The SMILES string of the molecule is CC1C=CC=C(C2CC(SN)C(=O)N(CC(F)(F)F)C2C)C1P. The zero-order valence-electron chi connectivity index (χ0n) is 13.1. The highest BCUT2D eigenvalue weighted by Crippen LogP contribution is 2.41. The summed E-state index contributed by atoms with van der Waals surface area (Å²) in [4.78, 5) is 13.2. The molecule has 8 heteroatoms. The average Bonchev–Trinajstić information content (AvgIpc) is 2.46. The van der Waals surface area contributed by atoms with Gasteiger partial charge in [-0.2, -0.15) is 13.2 Å². The molecular formula is C15H22F3N2OPS. The van der Waals surface area contributed by atoms with Crippen molar-refractivity contribution in [1.82, 2.24) is 4.90 Å². The van der Waals surface area contributed by atoms with E-state index < -0.39 is 29.9 Å². The third-order valence-electron chi connectivity index (χ3n) is 4.70. The number of piperidine rings is 1. The lowest BCUT2D eigenvalue weighted by molar-refractivity contribution is -0.169. The number of nitrogens with zero attached hydrogens (tertiary/aromatic N) is 1. The molecule has 1 aliphatic carbocycles. The lowest BCUT2D eigenvalue weighted by Gasteiger charge is -2.45. The molecule has 6 unspecified atom stereocenters. The molecule has 0 aromatic carbocycles. The van der Waals surface area contributed by atoms with E-state index in [0.29, 0.717) is 12.3 Å². The average molecular weight is 366 g/mol. The molecule has 6 atom stereocenters. The lowest BCUT2D eigenvalue weighted by Crippen LogP contribution is -2.56. The third kappa shape index (κ3) is 4.12. The highest BCUT2D eigenvalue weighted by atomic mass is 32.2. The number of rotatable bonds is 3. The molecule has 0 aromatic rings. The molecule has 0 bridgehead atoms. The first kappa shape index (κ1) is 18.8. The van der Waals surface area contributed by atoms with E-state index in [-0.39, 0.29) is 11.6 Å². The summed E-state index contributed by atoms with van der Waals surface area (Å²) in [5.74, 6) is -0.338. The van der Waals surface area contributed by atoms with Gasteiger partial charge in [0, 0.05) is 17.6 Å². The number of hydrogen-bond acceptors (Lipinski definition) is 3. The number of hydrogen-bond donors (Lipinski definition) is 1. The van der Waals surface area contributed by atoms with Crippen LogP contribution in [-0.4, -0.2) is 40.5 Å². The van der Waals surface area contributed by atoms with Crippen molar-refractivity contribution < 1.29 is 18.0 Å². The van der Waals surface area contributed by atoms with Crippen molar-refractivity contribution in [2.24, 2.45) is 17.0 Å². The molecule has 1 aliphatic heterocycles. The number of alkyl halides is 3. The zero-order chi connectivity index (χ0) is 17.4. The monoisotopic (exact) mass is 366 g/mol. The van der Waals surface area contributed by atoms with Crippen molar-refractivity contribution >= 4 is 27.1 Å². The lowest BCUT2D eigenvalue weighted by atomic mass is 9.78. The number of allylic oxidation sites excluding steroid dienone is 3. The van der Waals surface area contributed by atoms with Gasteiger partial charge < -0.3 is 4.90 Å². The topological polar surface area (TPSA) is 46.3 Å². The van der Waals surface area contributed by atoms with Crippen molar-refractivity contribution in [2.45, 2.75) is 43.4 Å². The van der Waals surface area contributed by atoms with Crippen LogP contribution >= 0.6 is 21.2 Å². The minimum Gasteiger partial charge on any atom is -0.329 e. The van der Waals surface area contributed by atoms with Gasteiger partial charge in [0.15, 0.2) is 0 Å². The van der Waals surface area contributed by atoms with Crippen LogP contribution in [-0.2, 0) is 4.79 Å². The van der Waals surface area contributed by atoms with E-state index in [4.69, 9.17) is 5.14 Å². The summed E-state index contributed by atoms with van der Waals surface area (Å²) < 4.78 is 38.6. The maximum Gasteiger partial charge on any atom is 0.406 e. The van der Waals surface area contributed by atoms with E-state index in [9.17, 15) is 18.0 Å². The molecule has 1 saturated heterocycles. The van der Waals surface area contributed by atoms with Gasteiger partial charge in [0.1, 0.15) is 6.54 Å². The fourth-order valence-electron chi connectivity index (χ4n) is 3.32. The highest BCUT2D eigenvalue weighted by Gasteiger charge is 2.46. The predicted octanol–water partition coefficient (Wildman–Crippen LogP) is 3.14. The molecule has 0 spiro atoms. The van der Waals surface area contributed by atoms with E-state index >= 15 is 0 Å². The largest absolute Gasteiger partial charge is 0.406 e. The third-order valence-corrected chi connectivity index (χ3v) is 6.41. The van der Waals surface area contributed by atoms with Gasteiger partial charge in [-0.25, -0.2) is 0 Å². The number of halogens is 3. The maximum absolute atomic E-state index is 12.9. The van der Waals surface area contributed by atoms with E-state index in [0.717, 1.165) is 22.4 Å². The van der Waals surface area contributed by atoms with Crippen molar-refractivity contribution in [3.05, 3.63) is 23.8 Å². The Hall–Kier alpha value is -0.520. The van der Waals surface area contributed by atoms with Gasteiger partial charge in [0.25, 0.3) is 0 Å². The first-order valence-electron chi connectivity index (χ1n) is 7.52. The van der Waals surface area contributed by atoms with E-state index in [1.54, 1.807) is 6.92 Å². The molecule has 23 heavy (non-hydrogen) atoms. The molecule has 130 valence electrons. The number of nitrogens with two attached hydrogens (primary N) is 1. The van der Waals surface area contributed by atoms with Crippen molar-refractivity contribution in [1.29, 1.82) is 0 Å². The van der Waals surface area contributed by atoms with Gasteiger partial charge in [-0.05, 0) is 19.3 Å². The molecule has 0 aromatic heterocycles. The summed E-state index contributed by atoms with van der Waals surface area (Å²) in [6, 6.07) is -0.500. The van der Waals surface area contributed by atoms with Gasteiger partial charge >= 0.3 is 6.18 Å². The van der Waals surface area contributed by atoms with E-state index in [1.807, 2.05) is 12.2 Å². The molecule has 3 nitrogen and oxygen atoms in total. The number of carbonyl (C=O) groups excluding carboxylic acids is 1. The van der Waals surface area contributed by atoms with Crippen molar-refractivity contribution in [3.8, 4) is 0 Å². The van der Waals surface area contributed by atoms with Gasteiger partial charge in [-0.3, -0.25) is 9.93 Å². The first-order chi connectivity index (χ1) is 10.7. The first-order valence-corrected chi connectivity index (χ1v) is 9.13. The summed E-state index contributed by atoms with van der Waals surface area (Å²) in [5.41, 5.74) is 1.24. The number of amides is 1. The molecular weight excluding hydrogens is 344 g/mol. The van der Waals surface area contributed by atoms with E-state index in [2.05, 4.69) is 22.2 Å². The highest BCUT2D eigenvalue weighted by molar-refractivity contribution is 7.98. The molecule has 1 heterocycles. The molecule has 2 rings (SSSR count). The normalized spacial score (nSPS) is 35.4. The Kier molecular flexibility index (Phi) is 5.85. The summed E-state index contributed by atoms with van der Waals surface area (Å²) in [6.07, 6.45) is 2.06. The number of carbonyl (C=O) groups is 1. The van der Waals surface area contributed by atoms with Gasteiger partial charge in [0.2, 0.25) is 5.91 Å². The number of likely N-dealkylation sites (tertiary alicyclic amines) is 1. The van der Waals surface area contributed by atoms with Crippen LogP contribution in [0.4, 0.5) is 13.2 Å². The van der Waals surface area contributed by atoms with Crippen LogP contribution in [0.25, 0.3) is 0 Å². The predicted molar refractivity (Wildman–Crippen MR) is 90.8 cm³/mol. The Balaban J connectivity index is 2.31. The van der Waals surface area contributed by atoms with Crippen LogP contribution in [0.1, 0.15) is 20.3 Å². The van der Waals surface area contributed by atoms with Crippen LogP contribution in [0.2, 0.25) is 0 Å². The molecule has 1 amide bonds. The summed E-state index contributed by atoms with van der Waals surface area (Å²) in [7, 11) is 2.78. The summed E-state index contributed by atoms with van der Waals surface area (Å²) in [6.45, 7) is 2.55. The Labute approximate surface area is 141 Å². The molecule has 0 radical (unpaired) electrons. The smallest absolute Gasteiger partial charge is 0.329 e. The maximum atomic E-state index is 12.9. The van der Waals surface area contributed by atoms with Gasteiger partial charge in [-0.1, -0.05) is 42.7 Å². The zero-order valence-corrected chi connectivity index (χ0v) is 15.1. The minimum atomic E-state index is -4.41. The fourth-order valence-corrected chi connectivity index (χ4v) is 4.38. The summed E-state index contributed by atoms with van der Waals surface area (Å²) in [5, 5.41) is 4.94. The van der Waals surface area contributed by atoms with Gasteiger partial charge in [-0.15, -0.1) is 9.24 Å². The minimum absolute atomic E-state index is 0.119. The summed E-state index contributed by atoms with van der Waals surface area (Å²) >= 11 is 0.845. The van der Waals surface area contributed by atoms with E-state index in [1.165, 1.54) is 0 Å². The van der Waals surface area contributed by atoms with Gasteiger partial charge in [0.05, 0.1) is 5.25 Å². The van der Waals surface area contributed by atoms with Crippen LogP contribution in [0.15, 0.2) is 23.8 Å². The van der Waals surface area contributed by atoms with Crippen LogP contribution in [0.5, 0.6) is 0 Å². The molecule has 0 saturated carbocycles. The Morgan fingerprint density at radius 3 is 2.65 bits per heavy atom. The fraction of sp³-hybridized carbons (Fsp3) is 0.667. The van der Waals surface area contributed by atoms with Crippen LogP contribution in [0, 0.1) is 11.8 Å². The Morgan fingerprint density at radius 2 is 2.09 bits per heavy atom. The second-order valence-corrected chi connectivity index (χ2v) is 7.78. The van der Waals surface area contributed by atoms with Crippen LogP contribution < -0.4 is 5.14 Å². The van der Waals surface area contributed by atoms with Crippen molar-refractivity contribution in [2.75, 3.05) is 6.54 Å². The molecule has 2 N–H and O–H groups in total. The quantitative estimate of drug-likeness (QED) is 0.617. The molecule has 2 aliphatic rings.